The van der Waals surface area contributed by atoms with Crippen LogP contribution in [0.4, 0.5) is 0 Å². The molecule has 1 aromatic rings. The fourth-order valence-corrected chi connectivity index (χ4v) is 2.43. The SMILES string of the molecule is CN1C(=O)/C(=C/c2ccc3c(c2O)C=CC(C)(C)O3)OC1=S. The van der Waals surface area contributed by atoms with Crippen molar-refractivity contribution in [2.45, 2.75) is 19.4 Å². The Kier molecular flexibility index (Phi) is 3.21. The summed E-state index contributed by atoms with van der Waals surface area (Å²) in [7, 11) is 1.54. The second kappa shape index (κ2) is 4.84. The molecule has 1 amide bonds. The molecule has 3 rings (SSSR count). The molecule has 2 aliphatic rings. The number of phenols is 1. The van der Waals surface area contributed by atoms with Gasteiger partial charge in [-0.2, -0.15) is 0 Å². The highest BCUT2D eigenvalue weighted by atomic mass is 32.1. The van der Waals surface area contributed by atoms with E-state index in [-0.39, 0.29) is 22.6 Å². The van der Waals surface area contributed by atoms with Crippen LogP contribution in [0.5, 0.6) is 11.5 Å². The van der Waals surface area contributed by atoms with Crippen molar-refractivity contribution >= 4 is 35.5 Å². The third-order valence-corrected chi connectivity index (χ3v) is 3.86. The standard InChI is InChI=1S/C16H15NO4S/c1-16(2)7-6-10-11(21-16)5-4-9(13(10)18)8-12-14(19)17(3)15(22)20-12/h4-8,18H,1-3H3/b12-8-. The van der Waals surface area contributed by atoms with Crippen molar-refractivity contribution < 1.29 is 19.4 Å². The van der Waals surface area contributed by atoms with Gasteiger partial charge in [-0.3, -0.25) is 9.69 Å². The summed E-state index contributed by atoms with van der Waals surface area (Å²) in [4.78, 5) is 13.2. The number of rotatable bonds is 1. The second-order valence-electron chi connectivity index (χ2n) is 5.69. The van der Waals surface area contributed by atoms with Crippen LogP contribution in [0, 0.1) is 0 Å². The topological polar surface area (TPSA) is 59.0 Å². The number of nitrogens with zero attached hydrogens (tertiary/aromatic N) is 1. The summed E-state index contributed by atoms with van der Waals surface area (Å²) in [5, 5.41) is 10.5. The summed E-state index contributed by atoms with van der Waals surface area (Å²) in [6.45, 7) is 3.86. The van der Waals surface area contributed by atoms with Crippen LogP contribution in [0.25, 0.3) is 12.2 Å². The number of phenolic OH excluding ortho intramolecular Hbond substituents is 1. The van der Waals surface area contributed by atoms with E-state index < -0.39 is 5.60 Å². The molecule has 114 valence electrons. The minimum Gasteiger partial charge on any atom is -0.507 e. The molecular formula is C16H15NO4S. The Hall–Kier alpha value is -2.34. The first kappa shape index (κ1) is 14.6. The molecule has 0 bridgehead atoms. The summed E-state index contributed by atoms with van der Waals surface area (Å²) in [6.07, 6.45) is 5.15. The van der Waals surface area contributed by atoms with Gasteiger partial charge in [-0.15, -0.1) is 0 Å². The van der Waals surface area contributed by atoms with Crippen LogP contribution in [-0.4, -0.2) is 33.7 Å². The number of carbonyl (C=O) groups excluding carboxylic acids is 1. The normalized spacial score (nSPS) is 20.9. The number of fused-ring (bicyclic) bond motifs is 1. The third kappa shape index (κ3) is 2.35. The quantitative estimate of drug-likeness (QED) is 0.637. The Bertz CT molecular complexity index is 749. The molecule has 0 aliphatic carbocycles. The van der Waals surface area contributed by atoms with Gasteiger partial charge in [0.05, 0.1) is 5.56 Å². The molecule has 6 heteroatoms. The number of amides is 1. The Morgan fingerprint density at radius 2 is 2.09 bits per heavy atom. The fraction of sp³-hybridized carbons (Fsp3) is 0.250. The predicted molar refractivity (Wildman–Crippen MR) is 86.3 cm³/mol. The van der Waals surface area contributed by atoms with Gasteiger partial charge < -0.3 is 14.6 Å². The van der Waals surface area contributed by atoms with E-state index in [2.05, 4.69) is 0 Å². The van der Waals surface area contributed by atoms with Gasteiger partial charge in [0.15, 0.2) is 5.76 Å². The average Bonchev–Trinajstić information content (AvgIpc) is 2.68. The number of hydrogen-bond donors (Lipinski definition) is 1. The third-order valence-electron chi connectivity index (χ3n) is 3.51. The molecule has 1 saturated heterocycles. The number of benzene rings is 1. The summed E-state index contributed by atoms with van der Waals surface area (Å²) < 4.78 is 11.0. The lowest BCUT2D eigenvalue weighted by molar-refractivity contribution is -0.122. The van der Waals surface area contributed by atoms with Gasteiger partial charge >= 0.3 is 0 Å². The van der Waals surface area contributed by atoms with Crippen molar-refractivity contribution in [3.05, 3.63) is 35.1 Å². The number of carbonyl (C=O) groups is 1. The van der Waals surface area contributed by atoms with Crippen LogP contribution in [-0.2, 0) is 9.53 Å². The van der Waals surface area contributed by atoms with Crippen LogP contribution >= 0.6 is 12.2 Å². The first-order chi connectivity index (χ1) is 10.3. The minimum absolute atomic E-state index is 0.0358. The number of likely N-dealkylation sites (N-methyl/N-ethyl adjacent to an activating group) is 1. The molecule has 0 radical (unpaired) electrons. The molecule has 0 spiro atoms. The van der Waals surface area contributed by atoms with Crippen LogP contribution in [0.3, 0.4) is 0 Å². The van der Waals surface area contributed by atoms with Crippen LogP contribution < -0.4 is 4.74 Å². The zero-order chi connectivity index (χ0) is 16.1. The molecule has 0 unspecified atom stereocenters. The summed E-state index contributed by atoms with van der Waals surface area (Å²) in [5.41, 5.74) is 0.627. The Morgan fingerprint density at radius 1 is 1.36 bits per heavy atom. The highest BCUT2D eigenvalue weighted by Crippen LogP contribution is 2.39. The van der Waals surface area contributed by atoms with E-state index in [1.165, 1.54) is 18.0 Å². The molecule has 2 aliphatic heterocycles. The number of ether oxygens (including phenoxy) is 2. The second-order valence-corrected chi connectivity index (χ2v) is 6.04. The van der Waals surface area contributed by atoms with E-state index in [9.17, 15) is 9.90 Å². The highest BCUT2D eigenvalue weighted by Gasteiger charge is 2.31. The van der Waals surface area contributed by atoms with E-state index in [0.29, 0.717) is 16.9 Å². The maximum atomic E-state index is 11.9. The maximum absolute atomic E-state index is 11.9. The van der Waals surface area contributed by atoms with Crippen LogP contribution in [0.2, 0.25) is 0 Å². The van der Waals surface area contributed by atoms with Crippen molar-refractivity contribution in [3.8, 4) is 11.5 Å². The largest absolute Gasteiger partial charge is 0.507 e. The zero-order valence-electron chi connectivity index (χ0n) is 12.4. The number of thiocarbonyl (C=S) groups is 1. The van der Waals surface area contributed by atoms with Gasteiger partial charge in [-0.05, 0) is 56.4 Å². The van der Waals surface area contributed by atoms with Gasteiger partial charge in [0.1, 0.15) is 17.1 Å². The smallest absolute Gasteiger partial charge is 0.296 e. The van der Waals surface area contributed by atoms with Gasteiger partial charge in [-0.1, -0.05) is 0 Å². The first-order valence-electron chi connectivity index (χ1n) is 6.74. The van der Waals surface area contributed by atoms with Crippen molar-refractivity contribution in [2.24, 2.45) is 0 Å². The van der Waals surface area contributed by atoms with Gasteiger partial charge in [0.25, 0.3) is 11.1 Å². The van der Waals surface area contributed by atoms with E-state index in [1.807, 2.05) is 26.0 Å². The lowest BCUT2D eigenvalue weighted by Gasteiger charge is -2.28. The molecule has 1 fully saturated rings. The van der Waals surface area contributed by atoms with Crippen molar-refractivity contribution in [2.75, 3.05) is 7.05 Å². The first-order valence-corrected chi connectivity index (χ1v) is 7.15. The minimum atomic E-state index is -0.418. The molecule has 0 atom stereocenters. The molecule has 0 saturated carbocycles. The van der Waals surface area contributed by atoms with Crippen LogP contribution in [0.1, 0.15) is 25.0 Å². The molecule has 1 aromatic carbocycles. The lowest BCUT2D eigenvalue weighted by atomic mass is 9.99. The Morgan fingerprint density at radius 3 is 2.73 bits per heavy atom. The fourth-order valence-electron chi connectivity index (χ4n) is 2.26. The summed E-state index contributed by atoms with van der Waals surface area (Å²) >= 11 is 4.92. The average molecular weight is 317 g/mol. The van der Waals surface area contributed by atoms with E-state index in [0.717, 1.165) is 0 Å². The Balaban J connectivity index is 2.01. The molecule has 22 heavy (non-hydrogen) atoms. The van der Waals surface area contributed by atoms with Gasteiger partial charge in [0, 0.05) is 12.6 Å². The number of hydrogen-bond acceptors (Lipinski definition) is 5. The van der Waals surface area contributed by atoms with Gasteiger partial charge in [0.2, 0.25) is 0 Å². The van der Waals surface area contributed by atoms with Crippen molar-refractivity contribution in [3.63, 3.8) is 0 Å². The van der Waals surface area contributed by atoms with E-state index in [1.54, 1.807) is 12.1 Å². The van der Waals surface area contributed by atoms with Crippen LogP contribution in [0.15, 0.2) is 24.0 Å². The zero-order valence-corrected chi connectivity index (χ0v) is 13.2. The molecule has 0 aromatic heterocycles. The monoisotopic (exact) mass is 317 g/mol. The maximum Gasteiger partial charge on any atom is 0.296 e. The van der Waals surface area contributed by atoms with Crippen molar-refractivity contribution in [1.82, 2.24) is 4.90 Å². The van der Waals surface area contributed by atoms with Crippen molar-refractivity contribution in [1.29, 1.82) is 0 Å². The lowest BCUT2D eigenvalue weighted by Crippen LogP contribution is -2.27. The molecule has 5 nitrogen and oxygen atoms in total. The summed E-state index contributed by atoms with van der Waals surface area (Å²) in [6, 6.07) is 3.43. The highest BCUT2D eigenvalue weighted by molar-refractivity contribution is 7.80. The molecular weight excluding hydrogens is 302 g/mol. The number of aromatic hydroxyl groups is 1. The van der Waals surface area contributed by atoms with E-state index >= 15 is 0 Å². The summed E-state index contributed by atoms with van der Waals surface area (Å²) in [5.74, 6) is 0.380. The van der Waals surface area contributed by atoms with Gasteiger partial charge in [-0.25, -0.2) is 0 Å². The Labute approximate surface area is 133 Å². The van der Waals surface area contributed by atoms with E-state index in [4.69, 9.17) is 21.7 Å². The molecule has 2 heterocycles. The predicted octanol–water partition coefficient (Wildman–Crippen LogP) is 2.69. The molecule has 1 N–H and O–H groups in total.